The first-order valence-corrected chi connectivity index (χ1v) is 8.66. The molecule has 4 rings (SSSR count). The standard InChI is InChI=1S/C20H13ClFN3O3/c1-11-3-2-4-13(9-11)19-24-18(25-8-7-16(26)23-20(25)27)17(28-19)12-5-6-14(21)15(22)10-12/h2-10H,1H3,(H,23,26,27). The second-order valence-corrected chi connectivity index (χ2v) is 6.56. The van der Waals surface area contributed by atoms with Crippen LogP contribution >= 0.6 is 11.6 Å². The van der Waals surface area contributed by atoms with Gasteiger partial charge in [-0.1, -0.05) is 29.3 Å². The molecule has 2 aromatic carbocycles. The molecule has 0 unspecified atom stereocenters. The van der Waals surface area contributed by atoms with E-state index < -0.39 is 17.1 Å². The van der Waals surface area contributed by atoms with Crippen LogP contribution in [0, 0.1) is 12.7 Å². The molecule has 4 aromatic rings. The predicted octanol–water partition coefficient (Wildman–Crippen LogP) is 3.95. The molecular weight excluding hydrogens is 385 g/mol. The Hall–Kier alpha value is -3.45. The van der Waals surface area contributed by atoms with Crippen molar-refractivity contribution in [3.05, 3.63) is 92.0 Å². The Morgan fingerprint density at radius 3 is 2.64 bits per heavy atom. The molecule has 2 aromatic heterocycles. The van der Waals surface area contributed by atoms with E-state index in [1.54, 1.807) is 6.07 Å². The second kappa shape index (κ2) is 6.94. The third kappa shape index (κ3) is 3.27. The smallest absolute Gasteiger partial charge is 0.334 e. The van der Waals surface area contributed by atoms with Crippen molar-refractivity contribution in [1.29, 1.82) is 0 Å². The molecule has 2 heterocycles. The van der Waals surface area contributed by atoms with E-state index in [-0.39, 0.29) is 22.5 Å². The van der Waals surface area contributed by atoms with Crippen molar-refractivity contribution >= 4 is 11.6 Å². The first kappa shape index (κ1) is 17.9. The summed E-state index contributed by atoms with van der Waals surface area (Å²) in [5.41, 5.74) is 0.813. The number of benzene rings is 2. The normalized spacial score (nSPS) is 11.0. The van der Waals surface area contributed by atoms with Crippen molar-refractivity contribution in [1.82, 2.24) is 14.5 Å². The molecule has 6 nitrogen and oxygen atoms in total. The second-order valence-electron chi connectivity index (χ2n) is 6.15. The number of halogens is 2. The number of aromatic nitrogens is 3. The van der Waals surface area contributed by atoms with Gasteiger partial charge in [0.1, 0.15) is 5.82 Å². The highest BCUT2D eigenvalue weighted by atomic mass is 35.5. The lowest BCUT2D eigenvalue weighted by molar-refractivity contribution is 0.585. The molecule has 0 radical (unpaired) electrons. The zero-order chi connectivity index (χ0) is 19.8. The Balaban J connectivity index is 1.98. The molecule has 0 aliphatic carbocycles. The molecule has 0 aliphatic rings. The fourth-order valence-electron chi connectivity index (χ4n) is 2.79. The number of oxazole rings is 1. The van der Waals surface area contributed by atoms with Crippen molar-refractivity contribution in [3.63, 3.8) is 0 Å². The highest BCUT2D eigenvalue weighted by Gasteiger charge is 2.20. The van der Waals surface area contributed by atoms with Crippen molar-refractivity contribution in [2.24, 2.45) is 0 Å². The third-order valence-electron chi connectivity index (χ3n) is 4.11. The maximum absolute atomic E-state index is 14.0. The van der Waals surface area contributed by atoms with Crippen molar-refractivity contribution in [2.75, 3.05) is 0 Å². The zero-order valence-corrected chi connectivity index (χ0v) is 15.3. The lowest BCUT2D eigenvalue weighted by Gasteiger charge is -2.04. The molecule has 0 atom stereocenters. The summed E-state index contributed by atoms with van der Waals surface area (Å²) < 4.78 is 21.0. The molecule has 0 saturated carbocycles. The Morgan fingerprint density at radius 1 is 1.11 bits per heavy atom. The van der Waals surface area contributed by atoms with Gasteiger partial charge in [-0.25, -0.2) is 13.8 Å². The van der Waals surface area contributed by atoms with Gasteiger partial charge in [0.15, 0.2) is 11.6 Å². The molecule has 0 amide bonds. The van der Waals surface area contributed by atoms with Crippen LogP contribution in [0.2, 0.25) is 5.02 Å². The van der Waals surface area contributed by atoms with E-state index in [1.807, 2.05) is 31.2 Å². The summed E-state index contributed by atoms with van der Waals surface area (Å²) in [4.78, 5) is 30.3. The molecule has 8 heteroatoms. The summed E-state index contributed by atoms with van der Waals surface area (Å²) in [6.45, 7) is 1.93. The highest BCUT2D eigenvalue weighted by Crippen LogP contribution is 2.33. The number of rotatable bonds is 3. The largest absolute Gasteiger partial charge is 0.434 e. The van der Waals surface area contributed by atoms with Crippen LogP contribution in [0.4, 0.5) is 4.39 Å². The van der Waals surface area contributed by atoms with Gasteiger partial charge < -0.3 is 4.42 Å². The average Bonchev–Trinajstić information content (AvgIpc) is 3.09. The van der Waals surface area contributed by atoms with E-state index in [0.717, 1.165) is 10.1 Å². The van der Waals surface area contributed by atoms with Crippen LogP contribution in [0.25, 0.3) is 28.6 Å². The van der Waals surface area contributed by atoms with Crippen LogP contribution in [0.15, 0.2) is 68.7 Å². The first-order valence-electron chi connectivity index (χ1n) is 8.28. The van der Waals surface area contributed by atoms with Crippen LogP contribution in [0.5, 0.6) is 0 Å². The quantitative estimate of drug-likeness (QED) is 0.567. The third-order valence-corrected chi connectivity index (χ3v) is 4.41. The molecule has 0 spiro atoms. The highest BCUT2D eigenvalue weighted by molar-refractivity contribution is 6.30. The summed E-state index contributed by atoms with van der Waals surface area (Å²) in [6.07, 6.45) is 1.29. The Labute approximate surface area is 162 Å². The van der Waals surface area contributed by atoms with Crippen LogP contribution in [-0.4, -0.2) is 14.5 Å². The minimum absolute atomic E-state index is 0.0371. The van der Waals surface area contributed by atoms with Gasteiger partial charge in [-0.2, -0.15) is 4.98 Å². The van der Waals surface area contributed by atoms with Gasteiger partial charge in [-0.05, 0) is 37.3 Å². The lowest BCUT2D eigenvalue weighted by atomic mass is 10.1. The Kier molecular flexibility index (Phi) is 4.44. The molecule has 140 valence electrons. The Morgan fingerprint density at radius 2 is 1.93 bits per heavy atom. The van der Waals surface area contributed by atoms with Crippen LogP contribution < -0.4 is 11.2 Å². The van der Waals surface area contributed by atoms with Gasteiger partial charge in [-0.3, -0.25) is 9.78 Å². The average molecular weight is 398 g/mol. The molecule has 0 saturated heterocycles. The monoisotopic (exact) mass is 397 g/mol. The van der Waals surface area contributed by atoms with Gasteiger partial charge in [0.2, 0.25) is 5.89 Å². The van der Waals surface area contributed by atoms with Gasteiger partial charge in [0.25, 0.3) is 5.56 Å². The first-order chi connectivity index (χ1) is 13.4. The van der Waals surface area contributed by atoms with Crippen LogP contribution in [0.1, 0.15) is 5.56 Å². The summed E-state index contributed by atoms with van der Waals surface area (Å²) in [5.74, 6) is -0.0877. The van der Waals surface area contributed by atoms with Crippen LogP contribution in [0.3, 0.4) is 0 Å². The SMILES string of the molecule is Cc1cccc(-c2nc(-n3ccc(=O)[nH]c3=O)c(-c3ccc(Cl)c(F)c3)o2)c1. The van der Waals surface area contributed by atoms with Crippen molar-refractivity contribution in [3.8, 4) is 28.6 Å². The van der Waals surface area contributed by atoms with Crippen molar-refractivity contribution < 1.29 is 8.81 Å². The molecule has 0 fully saturated rings. The van der Waals surface area contributed by atoms with E-state index in [4.69, 9.17) is 16.0 Å². The number of aryl methyl sites for hydroxylation is 1. The summed E-state index contributed by atoms with van der Waals surface area (Å²) in [5, 5.41) is -0.0371. The molecular formula is C20H13ClFN3O3. The van der Waals surface area contributed by atoms with Gasteiger partial charge in [0.05, 0.1) is 5.02 Å². The zero-order valence-electron chi connectivity index (χ0n) is 14.6. The number of nitrogens with one attached hydrogen (secondary N) is 1. The van der Waals surface area contributed by atoms with E-state index in [1.165, 1.54) is 24.4 Å². The number of hydrogen-bond acceptors (Lipinski definition) is 4. The molecule has 28 heavy (non-hydrogen) atoms. The summed E-state index contributed by atoms with van der Waals surface area (Å²) >= 11 is 5.77. The predicted molar refractivity (Wildman–Crippen MR) is 103 cm³/mol. The molecule has 0 bridgehead atoms. The summed E-state index contributed by atoms with van der Waals surface area (Å²) in [7, 11) is 0. The molecule has 1 N–H and O–H groups in total. The number of H-pyrrole nitrogens is 1. The minimum atomic E-state index is -0.688. The van der Waals surface area contributed by atoms with Gasteiger partial charge in [-0.15, -0.1) is 0 Å². The topological polar surface area (TPSA) is 80.9 Å². The minimum Gasteiger partial charge on any atom is -0.434 e. The lowest BCUT2D eigenvalue weighted by Crippen LogP contribution is -2.27. The summed E-state index contributed by atoms with van der Waals surface area (Å²) in [6, 6.07) is 12.8. The van der Waals surface area contributed by atoms with Gasteiger partial charge >= 0.3 is 5.69 Å². The Bertz CT molecular complexity index is 1310. The molecule has 0 aliphatic heterocycles. The fourth-order valence-corrected chi connectivity index (χ4v) is 2.90. The van der Waals surface area contributed by atoms with E-state index in [0.29, 0.717) is 11.1 Å². The maximum Gasteiger partial charge on any atom is 0.334 e. The van der Waals surface area contributed by atoms with Crippen LogP contribution in [-0.2, 0) is 0 Å². The maximum atomic E-state index is 14.0. The van der Waals surface area contributed by atoms with Crippen molar-refractivity contribution in [2.45, 2.75) is 6.92 Å². The van der Waals surface area contributed by atoms with E-state index in [9.17, 15) is 14.0 Å². The fraction of sp³-hybridized carbons (Fsp3) is 0.0500. The number of hydrogen-bond donors (Lipinski definition) is 1. The van der Waals surface area contributed by atoms with E-state index in [2.05, 4.69) is 9.97 Å². The van der Waals surface area contributed by atoms with Gasteiger partial charge in [0, 0.05) is 23.4 Å². The number of aromatic amines is 1. The van der Waals surface area contributed by atoms with E-state index >= 15 is 0 Å². The number of nitrogens with zero attached hydrogens (tertiary/aromatic N) is 2.